The molecule has 0 aliphatic carbocycles. The van der Waals surface area contributed by atoms with Crippen molar-refractivity contribution in [3.63, 3.8) is 0 Å². The Morgan fingerprint density at radius 2 is 2.32 bits per heavy atom. The van der Waals surface area contributed by atoms with Crippen LogP contribution >= 0.6 is 22.9 Å². The van der Waals surface area contributed by atoms with Crippen molar-refractivity contribution in [2.75, 3.05) is 13.2 Å². The van der Waals surface area contributed by atoms with Crippen LogP contribution in [0.5, 0.6) is 0 Å². The standard InChI is InChI=1S/C14H22ClN3O3S/c1-14(2,3)21-13(19)18-9-4-5-20-8-10(9)16-7-12-17-6-11(15)22-12/h6,9-10,16H,4-5,7-8H2,1-3H3,(H,18,19)/t9-,10+/m1/s1. The van der Waals surface area contributed by atoms with E-state index in [-0.39, 0.29) is 12.1 Å². The average Bonchev–Trinajstić information content (AvgIpc) is 2.81. The van der Waals surface area contributed by atoms with Gasteiger partial charge >= 0.3 is 6.09 Å². The Kier molecular flexibility index (Phi) is 6.02. The van der Waals surface area contributed by atoms with Crippen molar-refractivity contribution in [3.05, 3.63) is 15.5 Å². The van der Waals surface area contributed by atoms with Gasteiger partial charge in [0.25, 0.3) is 0 Å². The molecule has 1 aromatic rings. The molecule has 2 atom stereocenters. The molecule has 6 nitrogen and oxygen atoms in total. The van der Waals surface area contributed by atoms with Crippen molar-refractivity contribution in [2.45, 2.75) is 51.4 Å². The normalized spacial score (nSPS) is 22.4. The first-order valence-corrected chi connectivity index (χ1v) is 8.44. The summed E-state index contributed by atoms with van der Waals surface area (Å²) in [5.41, 5.74) is -0.504. The summed E-state index contributed by atoms with van der Waals surface area (Å²) in [6.45, 7) is 7.30. The number of aromatic nitrogens is 1. The lowest BCUT2D eigenvalue weighted by molar-refractivity contribution is 0.0283. The third kappa shape index (κ3) is 5.72. The van der Waals surface area contributed by atoms with Crippen LogP contribution in [0.25, 0.3) is 0 Å². The molecule has 0 bridgehead atoms. The fourth-order valence-electron chi connectivity index (χ4n) is 2.16. The molecule has 1 amide bonds. The zero-order valence-electron chi connectivity index (χ0n) is 13.0. The summed E-state index contributed by atoms with van der Waals surface area (Å²) in [5, 5.41) is 7.19. The Morgan fingerprint density at radius 3 is 2.95 bits per heavy atom. The molecule has 2 rings (SSSR count). The zero-order valence-corrected chi connectivity index (χ0v) is 14.6. The van der Waals surface area contributed by atoms with Crippen molar-refractivity contribution < 1.29 is 14.3 Å². The van der Waals surface area contributed by atoms with Gasteiger partial charge < -0.3 is 20.1 Å². The summed E-state index contributed by atoms with van der Waals surface area (Å²) in [6.07, 6.45) is 1.98. The van der Waals surface area contributed by atoms with Gasteiger partial charge in [0.05, 0.1) is 24.9 Å². The maximum Gasteiger partial charge on any atom is 0.407 e. The van der Waals surface area contributed by atoms with Crippen LogP contribution in [0.15, 0.2) is 6.20 Å². The summed E-state index contributed by atoms with van der Waals surface area (Å²) >= 11 is 7.31. The van der Waals surface area contributed by atoms with Crippen LogP contribution in [0.4, 0.5) is 4.79 Å². The van der Waals surface area contributed by atoms with Gasteiger partial charge in [-0.05, 0) is 27.2 Å². The van der Waals surface area contributed by atoms with Crippen LogP contribution in [-0.4, -0.2) is 42.0 Å². The van der Waals surface area contributed by atoms with Gasteiger partial charge in [-0.15, -0.1) is 11.3 Å². The van der Waals surface area contributed by atoms with Crippen LogP contribution in [0.1, 0.15) is 32.2 Å². The van der Waals surface area contributed by atoms with E-state index in [2.05, 4.69) is 15.6 Å². The smallest absolute Gasteiger partial charge is 0.407 e. The SMILES string of the molecule is CC(C)(C)OC(=O)N[C@@H]1CCOC[C@@H]1NCc1ncc(Cl)s1. The highest BCUT2D eigenvalue weighted by molar-refractivity contribution is 7.15. The predicted molar refractivity (Wildman–Crippen MR) is 86.3 cm³/mol. The molecule has 0 saturated carbocycles. The Hall–Kier alpha value is -0.890. The highest BCUT2D eigenvalue weighted by atomic mass is 35.5. The third-order valence-electron chi connectivity index (χ3n) is 3.10. The topological polar surface area (TPSA) is 72.5 Å². The minimum Gasteiger partial charge on any atom is -0.444 e. The minimum absolute atomic E-state index is 0.0175. The predicted octanol–water partition coefficient (Wildman–Crippen LogP) is 2.57. The van der Waals surface area contributed by atoms with Gasteiger partial charge in [-0.3, -0.25) is 0 Å². The van der Waals surface area contributed by atoms with Crippen LogP contribution in [0.2, 0.25) is 4.34 Å². The second kappa shape index (κ2) is 7.59. The van der Waals surface area contributed by atoms with Crippen LogP contribution in [0.3, 0.4) is 0 Å². The first kappa shape index (κ1) is 17.5. The van der Waals surface area contributed by atoms with Gasteiger partial charge in [0.1, 0.15) is 14.9 Å². The Labute approximate surface area is 139 Å². The van der Waals surface area contributed by atoms with Crippen LogP contribution in [0, 0.1) is 0 Å². The maximum atomic E-state index is 11.9. The molecule has 0 radical (unpaired) electrons. The second-order valence-corrected chi connectivity index (χ2v) is 7.91. The van der Waals surface area contributed by atoms with E-state index in [1.54, 1.807) is 6.20 Å². The van der Waals surface area contributed by atoms with Crippen LogP contribution < -0.4 is 10.6 Å². The van der Waals surface area contributed by atoms with Gasteiger partial charge in [0.2, 0.25) is 0 Å². The largest absolute Gasteiger partial charge is 0.444 e. The number of hydrogen-bond donors (Lipinski definition) is 2. The zero-order chi connectivity index (χ0) is 16.2. The van der Waals surface area contributed by atoms with Crippen molar-refractivity contribution in [1.82, 2.24) is 15.6 Å². The van der Waals surface area contributed by atoms with E-state index in [1.165, 1.54) is 11.3 Å². The van der Waals surface area contributed by atoms with Crippen LogP contribution in [-0.2, 0) is 16.0 Å². The fourth-order valence-corrected chi connectivity index (χ4v) is 3.07. The van der Waals surface area contributed by atoms with Crippen molar-refractivity contribution in [3.8, 4) is 0 Å². The summed E-state index contributed by atoms with van der Waals surface area (Å²) in [5.74, 6) is 0. The summed E-state index contributed by atoms with van der Waals surface area (Å²) in [4.78, 5) is 16.1. The summed E-state index contributed by atoms with van der Waals surface area (Å²) in [7, 11) is 0. The number of carbonyl (C=O) groups excluding carboxylic acids is 1. The molecule has 1 aliphatic rings. The maximum absolute atomic E-state index is 11.9. The number of nitrogens with one attached hydrogen (secondary N) is 2. The molecule has 8 heteroatoms. The highest BCUT2D eigenvalue weighted by Crippen LogP contribution is 2.18. The highest BCUT2D eigenvalue weighted by Gasteiger charge is 2.28. The number of ether oxygens (including phenoxy) is 2. The monoisotopic (exact) mass is 347 g/mol. The molecule has 0 spiro atoms. The second-order valence-electron chi connectivity index (χ2n) is 6.16. The number of carbonyl (C=O) groups is 1. The van der Waals surface area contributed by atoms with Gasteiger partial charge in [-0.1, -0.05) is 11.6 Å². The lowest BCUT2D eigenvalue weighted by atomic mass is 10.0. The molecule has 0 unspecified atom stereocenters. The average molecular weight is 348 g/mol. The molecule has 2 heterocycles. The number of rotatable bonds is 4. The van der Waals surface area contributed by atoms with Crippen molar-refractivity contribution >= 4 is 29.0 Å². The molecule has 0 aromatic carbocycles. The van der Waals surface area contributed by atoms with E-state index >= 15 is 0 Å². The first-order chi connectivity index (χ1) is 10.3. The molecule has 1 fully saturated rings. The summed E-state index contributed by atoms with van der Waals surface area (Å²) < 4.78 is 11.5. The van der Waals surface area contributed by atoms with E-state index < -0.39 is 11.7 Å². The Morgan fingerprint density at radius 1 is 1.55 bits per heavy atom. The molecule has 1 aromatic heterocycles. The lowest BCUT2D eigenvalue weighted by Crippen LogP contribution is -2.55. The third-order valence-corrected chi connectivity index (χ3v) is 4.21. The number of amides is 1. The Bertz CT molecular complexity index is 504. The number of hydrogen-bond acceptors (Lipinski definition) is 6. The van der Waals surface area contributed by atoms with Gasteiger partial charge in [0, 0.05) is 13.2 Å². The molecule has 22 heavy (non-hydrogen) atoms. The van der Waals surface area contributed by atoms with E-state index in [1.807, 2.05) is 20.8 Å². The molecular formula is C14H22ClN3O3S. The lowest BCUT2D eigenvalue weighted by Gasteiger charge is -2.33. The van der Waals surface area contributed by atoms with E-state index in [0.29, 0.717) is 24.1 Å². The van der Waals surface area contributed by atoms with Crippen molar-refractivity contribution in [1.29, 1.82) is 0 Å². The number of nitrogens with zero attached hydrogens (tertiary/aromatic N) is 1. The van der Waals surface area contributed by atoms with Crippen molar-refractivity contribution in [2.24, 2.45) is 0 Å². The molecule has 1 saturated heterocycles. The quantitative estimate of drug-likeness (QED) is 0.875. The van der Waals surface area contributed by atoms with Gasteiger partial charge in [0.15, 0.2) is 0 Å². The molecule has 124 valence electrons. The number of alkyl carbamates (subject to hydrolysis) is 1. The number of halogens is 1. The Balaban J connectivity index is 1.86. The van der Waals surface area contributed by atoms with Gasteiger partial charge in [-0.25, -0.2) is 9.78 Å². The molecule has 2 N–H and O–H groups in total. The minimum atomic E-state index is -0.504. The fraction of sp³-hybridized carbons (Fsp3) is 0.714. The molecule has 1 aliphatic heterocycles. The van der Waals surface area contributed by atoms with E-state index in [0.717, 1.165) is 11.4 Å². The molecular weight excluding hydrogens is 326 g/mol. The van der Waals surface area contributed by atoms with E-state index in [4.69, 9.17) is 21.1 Å². The summed E-state index contributed by atoms with van der Waals surface area (Å²) in [6, 6.07) is -0.0111. The van der Waals surface area contributed by atoms with E-state index in [9.17, 15) is 4.79 Å². The van der Waals surface area contributed by atoms with Gasteiger partial charge in [-0.2, -0.15) is 0 Å². The first-order valence-electron chi connectivity index (χ1n) is 7.24. The number of thiazole rings is 1.